The van der Waals surface area contributed by atoms with Crippen molar-refractivity contribution in [2.24, 2.45) is 5.41 Å². The monoisotopic (exact) mass is 294 g/mol. The molecule has 0 aromatic heterocycles. The smallest absolute Gasteiger partial charge is 0.406 e. The molecule has 1 saturated heterocycles. The second kappa shape index (κ2) is 5.23. The molecule has 1 atom stereocenters. The normalized spacial score (nSPS) is 26.9. The Hall–Kier alpha value is -1.31. The van der Waals surface area contributed by atoms with E-state index in [1.165, 1.54) is 0 Å². The Morgan fingerprint density at radius 1 is 1.35 bits per heavy atom. The van der Waals surface area contributed by atoms with Crippen LogP contribution in [0.25, 0.3) is 0 Å². The van der Waals surface area contributed by atoms with Gasteiger partial charge in [-0.15, -0.1) is 0 Å². The van der Waals surface area contributed by atoms with Gasteiger partial charge in [-0.2, -0.15) is 13.2 Å². The largest absolute Gasteiger partial charge is 0.481 e. The third-order valence-corrected chi connectivity index (χ3v) is 3.92. The summed E-state index contributed by atoms with van der Waals surface area (Å²) in [5, 5.41) is 12.0. The van der Waals surface area contributed by atoms with Gasteiger partial charge in [-0.25, -0.2) is 0 Å². The van der Waals surface area contributed by atoms with Crippen LogP contribution in [0.2, 0.25) is 0 Å². The molecular weight excluding hydrogens is 277 g/mol. The van der Waals surface area contributed by atoms with E-state index in [1.807, 2.05) is 0 Å². The minimum Gasteiger partial charge on any atom is -0.481 e. The minimum absolute atomic E-state index is 0.101. The van der Waals surface area contributed by atoms with Gasteiger partial charge in [0, 0.05) is 32.1 Å². The number of nitrogens with one attached hydrogen (secondary N) is 1. The quantitative estimate of drug-likeness (QED) is 0.793. The first kappa shape index (κ1) is 15.1. The van der Waals surface area contributed by atoms with Crippen molar-refractivity contribution in [3.8, 4) is 0 Å². The third kappa shape index (κ3) is 2.89. The van der Waals surface area contributed by atoms with E-state index in [2.05, 4.69) is 5.32 Å². The van der Waals surface area contributed by atoms with Gasteiger partial charge in [-0.05, 0) is 19.3 Å². The van der Waals surface area contributed by atoms with E-state index in [9.17, 15) is 22.8 Å². The molecule has 0 bridgehead atoms. The molecule has 1 unspecified atom stereocenters. The van der Waals surface area contributed by atoms with Gasteiger partial charge in [0.1, 0.15) is 0 Å². The average Bonchev–Trinajstić information content (AvgIpc) is 3.03. The summed E-state index contributed by atoms with van der Waals surface area (Å²) in [6.07, 6.45) is -3.19. The van der Waals surface area contributed by atoms with Crippen molar-refractivity contribution >= 4 is 11.9 Å². The van der Waals surface area contributed by atoms with Gasteiger partial charge in [0.15, 0.2) is 5.41 Å². The molecule has 1 amide bonds. The maximum atomic E-state index is 12.9. The van der Waals surface area contributed by atoms with Crippen molar-refractivity contribution in [2.45, 2.75) is 37.9 Å². The summed E-state index contributed by atoms with van der Waals surface area (Å²) in [4.78, 5) is 23.8. The van der Waals surface area contributed by atoms with Gasteiger partial charge < -0.3 is 15.3 Å². The van der Waals surface area contributed by atoms with Crippen LogP contribution >= 0.6 is 0 Å². The summed E-state index contributed by atoms with van der Waals surface area (Å²) in [5.74, 6) is -2.33. The third-order valence-electron chi connectivity index (χ3n) is 3.92. The number of amides is 1. The van der Waals surface area contributed by atoms with Crippen LogP contribution in [-0.2, 0) is 9.59 Å². The Morgan fingerprint density at radius 3 is 2.45 bits per heavy atom. The summed E-state index contributed by atoms with van der Waals surface area (Å²) in [6, 6.07) is 0.426. The second-order valence-corrected chi connectivity index (χ2v) is 5.43. The zero-order chi connectivity index (χ0) is 15.0. The molecule has 0 aromatic carbocycles. The fourth-order valence-electron chi connectivity index (χ4n) is 2.38. The van der Waals surface area contributed by atoms with Gasteiger partial charge in [-0.1, -0.05) is 0 Å². The highest BCUT2D eigenvalue weighted by Gasteiger charge is 2.64. The molecule has 20 heavy (non-hydrogen) atoms. The predicted molar refractivity (Wildman–Crippen MR) is 63.0 cm³/mol. The lowest BCUT2D eigenvalue weighted by Gasteiger charge is -2.27. The van der Waals surface area contributed by atoms with Crippen LogP contribution in [0.3, 0.4) is 0 Å². The lowest BCUT2D eigenvalue weighted by atomic mass is 9.86. The highest BCUT2D eigenvalue weighted by atomic mass is 19.4. The number of likely N-dealkylation sites (tertiary alicyclic amines) is 1. The molecule has 2 fully saturated rings. The van der Waals surface area contributed by atoms with E-state index in [1.54, 1.807) is 0 Å². The minimum atomic E-state index is -4.85. The Balaban J connectivity index is 1.91. The molecule has 1 saturated carbocycles. The van der Waals surface area contributed by atoms with E-state index in [-0.39, 0.29) is 13.0 Å². The maximum Gasteiger partial charge on any atom is 0.406 e. The topological polar surface area (TPSA) is 69.6 Å². The number of hydrogen-bond acceptors (Lipinski definition) is 3. The number of aliphatic carboxylic acids is 1. The van der Waals surface area contributed by atoms with Crippen LogP contribution in [0.15, 0.2) is 0 Å². The number of carbonyl (C=O) groups excluding carboxylic acids is 1. The standard InChI is InChI=1S/C12H17F3N2O3/c13-12(14,15)11(10(19)20)4-6-17(7-11)9(18)3-5-16-8-1-2-8/h8,16H,1-7H2,(H,19,20). The van der Waals surface area contributed by atoms with Crippen LogP contribution in [0.1, 0.15) is 25.7 Å². The molecule has 2 rings (SSSR count). The molecule has 114 valence electrons. The van der Waals surface area contributed by atoms with E-state index in [0.29, 0.717) is 12.6 Å². The van der Waals surface area contributed by atoms with Crippen molar-refractivity contribution in [2.75, 3.05) is 19.6 Å². The maximum absolute atomic E-state index is 12.9. The first-order valence-corrected chi connectivity index (χ1v) is 6.57. The van der Waals surface area contributed by atoms with Crippen LogP contribution in [0.5, 0.6) is 0 Å². The van der Waals surface area contributed by atoms with Crippen LogP contribution in [-0.4, -0.2) is 53.7 Å². The van der Waals surface area contributed by atoms with Gasteiger partial charge in [0.2, 0.25) is 5.91 Å². The van der Waals surface area contributed by atoms with Gasteiger partial charge in [0.05, 0.1) is 0 Å². The summed E-state index contributed by atoms with van der Waals surface area (Å²) in [7, 11) is 0. The summed E-state index contributed by atoms with van der Waals surface area (Å²) in [5.41, 5.74) is -2.81. The molecule has 2 N–H and O–H groups in total. The fourth-order valence-corrected chi connectivity index (χ4v) is 2.38. The zero-order valence-electron chi connectivity index (χ0n) is 10.9. The van der Waals surface area contributed by atoms with E-state index < -0.39 is 36.4 Å². The van der Waals surface area contributed by atoms with Crippen molar-refractivity contribution in [1.82, 2.24) is 10.2 Å². The molecule has 1 aliphatic carbocycles. The number of halogens is 3. The molecule has 0 radical (unpaired) electrons. The molecular formula is C12H17F3N2O3. The Labute approximate surface area is 114 Å². The van der Waals surface area contributed by atoms with Crippen LogP contribution in [0, 0.1) is 5.41 Å². The molecule has 0 aromatic rings. The number of hydrogen-bond donors (Lipinski definition) is 2. The van der Waals surface area contributed by atoms with E-state index >= 15 is 0 Å². The van der Waals surface area contributed by atoms with E-state index in [0.717, 1.165) is 17.7 Å². The molecule has 8 heteroatoms. The number of carboxylic acid groups (broad SMARTS) is 1. The summed E-state index contributed by atoms with van der Waals surface area (Å²) in [6.45, 7) is -0.520. The molecule has 1 heterocycles. The number of alkyl halides is 3. The highest BCUT2D eigenvalue weighted by Crippen LogP contribution is 2.45. The van der Waals surface area contributed by atoms with Crippen LogP contribution in [0.4, 0.5) is 13.2 Å². The Morgan fingerprint density at radius 2 is 2.00 bits per heavy atom. The Bertz CT molecular complexity index is 409. The predicted octanol–water partition coefficient (Wildman–Crippen LogP) is 0.994. The molecule has 0 spiro atoms. The van der Waals surface area contributed by atoms with Gasteiger partial charge in [0.25, 0.3) is 0 Å². The second-order valence-electron chi connectivity index (χ2n) is 5.43. The zero-order valence-corrected chi connectivity index (χ0v) is 10.9. The van der Waals surface area contributed by atoms with Crippen molar-refractivity contribution in [3.63, 3.8) is 0 Å². The Kier molecular flexibility index (Phi) is 3.95. The van der Waals surface area contributed by atoms with Gasteiger partial charge >= 0.3 is 12.1 Å². The average molecular weight is 294 g/mol. The SMILES string of the molecule is O=C(CCNC1CC1)N1CCC(C(=O)O)(C(F)(F)F)C1. The molecule has 1 aliphatic heterocycles. The molecule has 5 nitrogen and oxygen atoms in total. The van der Waals surface area contributed by atoms with Crippen molar-refractivity contribution in [1.29, 1.82) is 0 Å². The summed E-state index contributed by atoms with van der Waals surface area (Å²) < 4.78 is 38.8. The van der Waals surface area contributed by atoms with Crippen molar-refractivity contribution in [3.05, 3.63) is 0 Å². The molecule has 2 aliphatic rings. The fraction of sp³-hybridized carbons (Fsp3) is 0.833. The number of nitrogens with zero attached hydrogens (tertiary/aromatic N) is 1. The van der Waals surface area contributed by atoms with E-state index in [4.69, 9.17) is 5.11 Å². The first-order valence-electron chi connectivity index (χ1n) is 6.57. The van der Waals surface area contributed by atoms with Gasteiger partial charge in [-0.3, -0.25) is 9.59 Å². The number of carbonyl (C=O) groups is 2. The number of carboxylic acids is 1. The summed E-state index contributed by atoms with van der Waals surface area (Å²) >= 11 is 0. The van der Waals surface area contributed by atoms with Crippen molar-refractivity contribution < 1.29 is 27.9 Å². The van der Waals surface area contributed by atoms with Crippen LogP contribution < -0.4 is 5.32 Å². The highest BCUT2D eigenvalue weighted by molar-refractivity contribution is 5.81. The first-order chi connectivity index (χ1) is 9.26. The lowest BCUT2D eigenvalue weighted by Crippen LogP contribution is -2.47. The lowest BCUT2D eigenvalue weighted by molar-refractivity contribution is -0.227. The number of rotatable bonds is 5.